The van der Waals surface area contributed by atoms with Gasteiger partial charge < -0.3 is 20.3 Å². The van der Waals surface area contributed by atoms with Crippen LogP contribution in [0.15, 0.2) is 29.3 Å². The third kappa shape index (κ3) is 6.38. The molecule has 1 aliphatic rings. The summed E-state index contributed by atoms with van der Waals surface area (Å²) in [5.74, 6) is 0.914. The molecule has 1 aliphatic heterocycles. The molecule has 6 nitrogen and oxygen atoms in total. The van der Waals surface area contributed by atoms with Gasteiger partial charge in [0.1, 0.15) is 0 Å². The van der Waals surface area contributed by atoms with Crippen molar-refractivity contribution in [3.63, 3.8) is 0 Å². The highest BCUT2D eigenvalue weighted by atomic mass is 16.5. The smallest absolute Gasteiger partial charge is 0.253 e. The number of methoxy groups -OCH3 is 1. The summed E-state index contributed by atoms with van der Waals surface area (Å²) in [6.07, 6.45) is 3.46. The molecule has 0 radical (unpaired) electrons. The average Bonchev–Trinajstić information content (AvgIpc) is 2.67. The van der Waals surface area contributed by atoms with Crippen molar-refractivity contribution in [2.75, 3.05) is 39.9 Å². The van der Waals surface area contributed by atoms with Gasteiger partial charge in [-0.2, -0.15) is 0 Å². The van der Waals surface area contributed by atoms with Crippen molar-refractivity contribution < 1.29 is 9.53 Å². The largest absolute Gasteiger partial charge is 0.383 e. The summed E-state index contributed by atoms with van der Waals surface area (Å²) in [5, 5.41) is 6.42. The van der Waals surface area contributed by atoms with Gasteiger partial charge in [-0.15, -0.1) is 0 Å². The molecule has 0 aliphatic carbocycles. The number of rotatable bonds is 7. The minimum absolute atomic E-state index is 0.143. The average molecular weight is 346 g/mol. The Morgan fingerprint density at radius 2 is 1.88 bits per heavy atom. The molecule has 0 aromatic heterocycles. The summed E-state index contributed by atoms with van der Waals surface area (Å²) in [4.78, 5) is 19.0. The highest BCUT2D eigenvalue weighted by Gasteiger charge is 2.17. The van der Waals surface area contributed by atoms with Gasteiger partial charge in [-0.25, -0.2) is 4.99 Å². The van der Waals surface area contributed by atoms with E-state index in [9.17, 15) is 4.79 Å². The lowest BCUT2D eigenvalue weighted by Gasteiger charge is -2.26. The lowest BCUT2D eigenvalue weighted by Crippen LogP contribution is -2.38. The number of carbonyl (C=O) groups is 1. The lowest BCUT2D eigenvalue weighted by atomic mass is 10.1. The molecule has 6 heteroatoms. The Balaban J connectivity index is 1.91. The van der Waals surface area contributed by atoms with Gasteiger partial charge in [0.05, 0.1) is 13.2 Å². The van der Waals surface area contributed by atoms with E-state index in [0.29, 0.717) is 19.7 Å². The van der Waals surface area contributed by atoms with E-state index < -0.39 is 0 Å². The first kappa shape index (κ1) is 19.2. The Labute approximate surface area is 150 Å². The van der Waals surface area contributed by atoms with Gasteiger partial charge in [0.2, 0.25) is 0 Å². The van der Waals surface area contributed by atoms with Gasteiger partial charge >= 0.3 is 0 Å². The van der Waals surface area contributed by atoms with E-state index in [-0.39, 0.29) is 5.91 Å². The maximum atomic E-state index is 12.5. The second-order valence-electron chi connectivity index (χ2n) is 6.16. The van der Waals surface area contributed by atoms with Gasteiger partial charge in [0, 0.05) is 38.9 Å². The molecule has 25 heavy (non-hydrogen) atoms. The van der Waals surface area contributed by atoms with Crippen LogP contribution in [0.25, 0.3) is 0 Å². The lowest BCUT2D eigenvalue weighted by molar-refractivity contribution is 0.0724. The molecule has 1 fully saturated rings. The zero-order chi connectivity index (χ0) is 17.9. The van der Waals surface area contributed by atoms with Crippen LogP contribution in [0.3, 0.4) is 0 Å². The van der Waals surface area contributed by atoms with Crippen LogP contribution in [0.1, 0.15) is 42.1 Å². The van der Waals surface area contributed by atoms with Crippen molar-refractivity contribution in [1.29, 1.82) is 0 Å². The first-order valence-electron chi connectivity index (χ1n) is 9.14. The minimum atomic E-state index is 0.143. The molecule has 1 amide bonds. The fraction of sp³-hybridized carbons (Fsp3) is 0.579. The normalized spacial score (nSPS) is 15.1. The van der Waals surface area contributed by atoms with Crippen LogP contribution in [-0.4, -0.2) is 56.7 Å². The molecule has 0 unspecified atom stereocenters. The molecule has 0 saturated carbocycles. The third-order valence-corrected chi connectivity index (χ3v) is 4.21. The van der Waals surface area contributed by atoms with Gasteiger partial charge in [-0.1, -0.05) is 12.1 Å². The number of likely N-dealkylation sites (tertiary alicyclic amines) is 1. The Bertz CT molecular complexity index is 551. The van der Waals surface area contributed by atoms with E-state index in [0.717, 1.165) is 49.6 Å². The van der Waals surface area contributed by atoms with Crippen LogP contribution < -0.4 is 10.6 Å². The Hall–Kier alpha value is -2.08. The van der Waals surface area contributed by atoms with Gasteiger partial charge in [0.15, 0.2) is 5.96 Å². The molecule has 2 N–H and O–H groups in total. The number of benzene rings is 1. The van der Waals surface area contributed by atoms with Gasteiger partial charge in [0.25, 0.3) is 5.91 Å². The summed E-state index contributed by atoms with van der Waals surface area (Å²) in [7, 11) is 1.68. The molecule has 1 saturated heterocycles. The Kier molecular flexibility index (Phi) is 8.25. The first-order chi connectivity index (χ1) is 12.2. The highest BCUT2D eigenvalue weighted by molar-refractivity contribution is 5.94. The molecule has 0 spiro atoms. The number of nitrogens with one attached hydrogen (secondary N) is 2. The summed E-state index contributed by atoms with van der Waals surface area (Å²) in [6, 6.07) is 7.79. The van der Waals surface area contributed by atoms with Crippen LogP contribution in [0.2, 0.25) is 0 Å². The van der Waals surface area contributed by atoms with Crippen molar-refractivity contribution in [1.82, 2.24) is 15.5 Å². The van der Waals surface area contributed by atoms with Crippen molar-refractivity contribution in [3.8, 4) is 0 Å². The number of carbonyl (C=O) groups excluding carboxylic acids is 1. The van der Waals surface area contributed by atoms with E-state index in [2.05, 4.69) is 15.6 Å². The predicted molar refractivity (Wildman–Crippen MR) is 101 cm³/mol. The molecule has 1 aromatic rings. The number of hydrogen-bond acceptors (Lipinski definition) is 3. The molecular weight excluding hydrogens is 316 g/mol. The maximum absolute atomic E-state index is 12.5. The van der Waals surface area contributed by atoms with Crippen molar-refractivity contribution in [3.05, 3.63) is 35.4 Å². The molecule has 1 heterocycles. The monoisotopic (exact) mass is 346 g/mol. The second kappa shape index (κ2) is 10.7. The number of amides is 1. The van der Waals surface area contributed by atoms with E-state index in [1.807, 2.05) is 36.1 Å². The van der Waals surface area contributed by atoms with E-state index in [1.165, 1.54) is 6.42 Å². The summed E-state index contributed by atoms with van der Waals surface area (Å²) < 4.78 is 5.04. The fourth-order valence-electron chi connectivity index (χ4n) is 2.82. The SMILES string of the molecule is CCNC(=NCc1ccc(C(=O)N2CCCCC2)cc1)NCCOC. The predicted octanol–water partition coefficient (Wildman–Crippen LogP) is 2.01. The quantitative estimate of drug-likeness (QED) is 0.450. The molecule has 0 bridgehead atoms. The summed E-state index contributed by atoms with van der Waals surface area (Å²) in [6.45, 7) is 6.52. The fourth-order valence-corrected chi connectivity index (χ4v) is 2.82. The first-order valence-corrected chi connectivity index (χ1v) is 9.14. The van der Waals surface area contributed by atoms with E-state index >= 15 is 0 Å². The van der Waals surface area contributed by atoms with Gasteiger partial charge in [-0.05, 0) is 43.9 Å². The van der Waals surface area contributed by atoms with Crippen LogP contribution in [0, 0.1) is 0 Å². The number of piperidine rings is 1. The number of hydrogen-bond donors (Lipinski definition) is 2. The van der Waals surface area contributed by atoms with Crippen molar-refractivity contribution >= 4 is 11.9 Å². The van der Waals surface area contributed by atoms with Crippen LogP contribution in [0.5, 0.6) is 0 Å². The van der Waals surface area contributed by atoms with Gasteiger partial charge in [-0.3, -0.25) is 4.79 Å². The molecule has 0 atom stereocenters. The molecule has 1 aromatic carbocycles. The Morgan fingerprint density at radius 3 is 2.52 bits per heavy atom. The highest BCUT2D eigenvalue weighted by Crippen LogP contribution is 2.14. The minimum Gasteiger partial charge on any atom is -0.383 e. The van der Waals surface area contributed by atoms with Crippen LogP contribution >= 0.6 is 0 Å². The van der Waals surface area contributed by atoms with E-state index in [4.69, 9.17) is 4.74 Å². The number of aliphatic imine (C=N–C) groups is 1. The number of ether oxygens (including phenoxy) is 1. The van der Waals surface area contributed by atoms with Crippen LogP contribution in [0.4, 0.5) is 0 Å². The maximum Gasteiger partial charge on any atom is 0.253 e. The summed E-state index contributed by atoms with van der Waals surface area (Å²) >= 11 is 0. The number of guanidine groups is 1. The number of nitrogens with zero attached hydrogens (tertiary/aromatic N) is 2. The van der Waals surface area contributed by atoms with Crippen LogP contribution in [-0.2, 0) is 11.3 Å². The molecule has 138 valence electrons. The van der Waals surface area contributed by atoms with Crippen molar-refractivity contribution in [2.45, 2.75) is 32.7 Å². The third-order valence-electron chi connectivity index (χ3n) is 4.21. The Morgan fingerprint density at radius 1 is 1.16 bits per heavy atom. The van der Waals surface area contributed by atoms with E-state index in [1.54, 1.807) is 7.11 Å². The summed E-state index contributed by atoms with van der Waals surface area (Å²) in [5.41, 5.74) is 1.85. The standard InChI is InChI=1S/C19H30N4O2/c1-3-20-19(21-11-14-25-2)22-15-16-7-9-17(10-8-16)18(24)23-12-5-4-6-13-23/h7-10H,3-6,11-15H2,1-2H3,(H2,20,21,22). The molecule has 2 rings (SSSR count). The zero-order valence-corrected chi connectivity index (χ0v) is 15.4. The zero-order valence-electron chi connectivity index (χ0n) is 15.4. The second-order valence-corrected chi connectivity index (χ2v) is 6.16. The molecular formula is C19H30N4O2. The topological polar surface area (TPSA) is 66.0 Å². The van der Waals surface area contributed by atoms with Crippen molar-refractivity contribution in [2.24, 2.45) is 4.99 Å².